The number of Topliss-reactive ketones (excluding diaryl/α,β-unsaturated/α-hetero) is 2. The van der Waals surface area contributed by atoms with Gasteiger partial charge in [-0.1, -0.05) is 51.3 Å². The Balaban J connectivity index is 0.696. The Morgan fingerprint density at radius 1 is 0.758 bits per heavy atom. The number of fused-ring (bicyclic) bond motifs is 6. The van der Waals surface area contributed by atoms with E-state index in [9.17, 15) is 48.3 Å². The Morgan fingerprint density at radius 3 is 2.04 bits per heavy atom. The van der Waals surface area contributed by atoms with E-state index in [0.717, 1.165) is 31.4 Å². The van der Waals surface area contributed by atoms with Crippen LogP contribution in [0.4, 0.5) is 29.7 Å². The van der Waals surface area contributed by atoms with Gasteiger partial charge in [-0.15, -0.1) is 5.92 Å². The number of benzene rings is 2. The molecule has 0 aromatic heterocycles. The molecule has 0 saturated heterocycles. The first-order chi connectivity index (χ1) is 45.4. The summed E-state index contributed by atoms with van der Waals surface area (Å²) in [4.78, 5) is 117. The van der Waals surface area contributed by atoms with Crippen molar-refractivity contribution in [3.8, 4) is 23.3 Å². The van der Waals surface area contributed by atoms with Gasteiger partial charge in [-0.3, -0.25) is 33.6 Å². The molecule has 6 aliphatic rings. The van der Waals surface area contributed by atoms with Crippen LogP contribution < -0.4 is 47.1 Å². The highest BCUT2D eigenvalue weighted by Crippen LogP contribution is 2.70. The summed E-state index contributed by atoms with van der Waals surface area (Å²) in [5, 5.41) is 28.4. The molecule has 516 valence electrons. The third-order valence-corrected chi connectivity index (χ3v) is 19.1. The Morgan fingerprint density at radius 2 is 1.39 bits per heavy atom. The highest BCUT2D eigenvalue weighted by molar-refractivity contribution is 6.03. The number of hydrogen-bond donors (Lipinski definition) is 8. The normalized spacial score (nSPS) is 27.3. The lowest BCUT2D eigenvalue weighted by atomic mass is 9.45. The molecule has 7 amide bonds. The smallest absolute Gasteiger partial charge is 0.407 e. The number of nitrogens with one attached hydrogen (secondary N) is 6. The fraction of sp³-hybridized carbons (Fsp3) is 0.580. The average Bonchev–Trinajstić information content (AvgIpc) is 1.64. The summed E-state index contributed by atoms with van der Waals surface area (Å²) in [5.74, 6) is 0.247. The molecule has 4 fully saturated rings. The van der Waals surface area contributed by atoms with Crippen molar-refractivity contribution in [2.24, 2.45) is 52.1 Å². The zero-order chi connectivity index (χ0) is 68.5. The van der Waals surface area contributed by atoms with Crippen molar-refractivity contribution < 1.29 is 90.2 Å². The van der Waals surface area contributed by atoms with Gasteiger partial charge < -0.3 is 75.9 Å². The molecule has 6 aliphatic carbocycles. The number of aliphatic hydroxyl groups is 1. The minimum Gasteiger partial charge on any atom is -0.486 e. The number of halogens is 2. The van der Waals surface area contributed by atoms with Gasteiger partial charge in [0.2, 0.25) is 23.5 Å². The monoisotopic (exact) mass is 1330 g/mol. The molecule has 26 heteroatoms. The number of alkyl carbamates (subject to hydrolysis) is 1. The second-order valence-corrected chi connectivity index (χ2v) is 25.7. The SMILES string of the molecule is CC(C)[C@H](NC(=O)CCOCCOCCOCCOCCNC(=O)OCC1/C2=C/CC#CCCC21)C(=O)N[C@@H](CCCNC(N)=O)C(=O)Nc1ccc(OCC(=O)Nc2ccc(OCC(=O)[C@@]3(O)[C@H](C)C[C@H]4C5C[C@H](F)C6=CC(=O)C=C[C@]6(C)[C@@]5(F)C(=O)C[C@@]43C)cc2)cc1. The Bertz CT molecular complexity index is 3280. The van der Waals surface area contributed by atoms with Gasteiger partial charge in [0.1, 0.15) is 48.6 Å². The second kappa shape index (κ2) is 33.0. The van der Waals surface area contributed by atoms with Gasteiger partial charge in [0, 0.05) is 67.4 Å². The number of rotatable bonds is 35. The van der Waals surface area contributed by atoms with Crippen LogP contribution in [0.3, 0.4) is 0 Å². The molecule has 0 aliphatic heterocycles. The van der Waals surface area contributed by atoms with Gasteiger partial charge >= 0.3 is 12.1 Å². The number of anilines is 2. The van der Waals surface area contributed by atoms with E-state index in [2.05, 4.69) is 49.8 Å². The average molecular weight is 1330 g/mol. The zero-order valence-electron chi connectivity index (χ0n) is 54.5. The van der Waals surface area contributed by atoms with Crippen molar-refractivity contribution in [3.05, 3.63) is 84.0 Å². The lowest BCUT2D eigenvalue weighted by Gasteiger charge is -2.60. The number of hydrogen-bond acceptors (Lipinski definition) is 17. The minimum absolute atomic E-state index is 0.0540. The van der Waals surface area contributed by atoms with Crippen LogP contribution in [-0.2, 0) is 57.2 Å². The first-order valence-electron chi connectivity index (χ1n) is 32.5. The number of ketones is 3. The molecule has 3 unspecified atom stereocenters. The third-order valence-electron chi connectivity index (χ3n) is 19.1. The van der Waals surface area contributed by atoms with Crippen LogP contribution in [-0.4, -0.2) is 173 Å². The van der Waals surface area contributed by atoms with Gasteiger partial charge in [0.15, 0.2) is 23.8 Å². The first kappa shape index (κ1) is 72.7. The van der Waals surface area contributed by atoms with Gasteiger partial charge in [0.05, 0.1) is 58.3 Å². The summed E-state index contributed by atoms with van der Waals surface area (Å²) < 4.78 is 72.4. The van der Waals surface area contributed by atoms with Gasteiger partial charge in [0.25, 0.3) is 5.91 Å². The van der Waals surface area contributed by atoms with E-state index in [1.165, 1.54) is 67.1 Å². The third kappa shape index (κ3) is 17.9. The molecule has 12 atom stereocenters. The minimum atomic E-state index is -2.55. The predicted molar refractivity (Wildman–Crippen MR) is 343 cm³/mol. The molecule has 0 spiro atoms. The van der Waals surface area contributed by atoms with Crippen LogP contribution in [0.5, 0.6) is 11.5 Å². The van der Waals surface area contributed by atoms with E-state index in [1.807, 2.05) is 0 Å². The second-order valence-electron chi connectivity index (χ2n) is 25.7. The van der Waals surface area contributed by atoms with E-state index in [-0.39, 0.29) is 81.5 Å². The molecular formula is C69H89F2N7O17. The molecule has 2 aromatic rings. The zero-order valence-corrected chi connectivity index (χ0v) is 54.5. The predicted octanol–water partition coefficient (Wildman–Crippen LogP) is 5.71. The lowest BCUT2D eigenvalue weighted by molar-refractivity contribution is -0.189. The van der Waals surface area contributed by atoms with Crippen LogP contribution in [0.25, 0.3) is 0 Å². The van der Waals surface area contributed by atoms with Crippen LogP contribution in [0.15, 0.2) is 84.0 Å². The number of carbonyl (C=O) groups excluding carboxylic acids is 9. The summed E-state index contributed by atoms with van der Waals surface area (Å²) >= 11 is 0. The molecule has 95 heavy (non-hydrogen) atoms. The number of primary amides is 1. The van der Waals surface area contributed by atoms with Crippen LogP contribution in [0.2, 0.25) is 0 Å². The Hall–Kier alpha value is -8.09. The molecule has 2 aromatic carbocycles. The molecule has 0 radical (unpaired) electrons. The maximum atomic E-state index is 17.5. The fourth-order valence-corrected chi connectivity index (χ4v) is 14.0. The standard InChI is InChI=1S/C69H89F2N7O17/c1-42(2)61(78-59(82)23-27-89-29-31-91-33-34-92-32-30-90-28-26-74-65(87)95-39-51-49-11-8-6-7-9-12-50(49)51)63(85)77-56(13-10-25-73-64(72)86)62(84)76-45-16-20-48(21-17-45)94-41-60(83)75-44-14-18-47(19-15-44)93-40-58(81)69(88)43(3)35-52-53-37-55(70)54-36-46(79)22-24-66(54,4)68(53,71)57(80)38-67(52,69)5/h11,14-22,24,36,42-43,50-53,55-56,61,88H,8-10,12-13,23,25-35,37-41H2,1-5H3,(H,74,87)(H,75,83)(H,76,84)(H,77,85)(H,78,82)(H3,72,73,86)/b49-11+/t43-,50?,51?,52+,53?,55+,56+,61+,66+,67+,68+,69+/m1/s1. The van der Waals surface area contributed by atoms with E-state index < -0.39 is 131 Å². The number of carbonyl (C=O) groups is 9. The number of ether oxygens (including phenoxy) is 7. The topological polar surface area (TPSA) is 337 Å². The van der Waals surface area contributed by atoms with Gasteiger partial charge in [-0.2, -0.15) is 0 Å². The summed E-state index contributed by atoms with van der Waals surface area (Å²) in [6.07, 6.45) is 5.72. The van der Waals surface area contributed by atoms with Crippen molar-refractivity contribution in [1.29, 1.82) is 0 Å². The first-order valence-corrected chi connectivity index (χ1v) is 32.5. The van der Waals surface area contributed by atoms with Crippen molar-refractivity contribution >= 4 is 64.5 Å². The lowest BCUT2D eigenvalue weighted by Crippen LogP contribution is -2.69. The Labute approximate surface area is 551 Å². The van der Waals surface area contributed by atoms with Crippen LogP contribution in [0.1, 0.15) is 92.4 Å². The number of allylic oxidation sites excluding steroid dienone is 5. The molecule has 4 saturated carbocycles. The van der Waals surface area contributed by atoms with Crippen molar-refractivity contribution in [2.75, 3.05) is 96.4 Å². The molecule has 8 rings (SSSR count). The largest absolute Gasteiger partial charge is 0.486 e. The van der Waals surface area contributed by atoms with E-state index in [1.54, 1.807) is 27.7 Å². The van der Waals surface area contributed by atoms with E-state index in [0.29, 0.717) is 69.4 Å². The highest BCUT2D eigenvalue weighted by Gasteiger charge is 2.77. The molecular weight excluding hydrogens is 1240 g/mol. The van der Waals surface area contributed by atoms with Crippen LogP contribution >= 0.6 is 0 Å². The van der Waals surface area contributed by atoms with Crippen LogP contribution in [0, 0.1) is 58.2 Å². The highest BCUT2D eigenvalue weighted by atomic mass is 19.1. The maximum Gasteiger partial charge on any atom is 0.407 e. The molecule has 0 bridgehead atoms. The number of alkyl halides is 2. The van der Waals surface area contributed by atoms with Crippen molar-refractivity contribution in [2.45, 2.75) is 122 Å². The number of nitrogens with two attached hydrogens (primary N) is 1. The van der Waals surface area contributed by atoms with Crippen molar-refractivity contribution in [1.82, 2.24) is 21.3 Å². The van der Waals surface area contributed by atoms with E-state index >= 15 is 8.78 Å². The fourth-order valence-electron chi connectivity index (χ4n) is 14.0. The summed E-state index contributed by atoms with van der Waals surface area (Å²) in [6.45, 7) is 10.1. The Kier molecular flexibility index (Phi) is 25.3. The number of amides is 7. The maximum absolute atomic E-state index is 17.5. The number of urea groups is 1. The molecule has 24 nitrogen and oxygen atoms in total. The summed E-state index contributed by atoms with van der Waals surface area (Å²) in [5.41, 5.74) is -0.632. The summed E-state index contributed by atoms with van der Waals surface area (Å²) in [6, 6.07) is 9.24. The summed E-state index contributed by atoms with van der Waals surface area (Å²) in [7, 11) is 0. The van der Waals surface area contributed by atoms with Gasteiger partial charge in [-0.25, -0.2) is 18.4 Å². The van der Waals surface area contributed by atoms with Gasteiger partial charge in [-0.05, 0) is 129 Å². The molecule has 9 N–H and O–H groups in total. The van der Waals surface area contributed by atoms with Crippen molar-refractivity contribution in [3.63, 3.8) is 0 Å². The van der Waals surface area contributed by atoms with E-state index in [4.69, 9.17) is 38.9 Å². The molecule has 0 heterocycles. The quantitative estimate of drug-likeness (QED) is 0.0233.